The second-order valence-electron chi connectivity index (χ2n) is 5.77. The van der Waals surface area contributed by atoms with E-state index in [1.54, 1.807) is 33.8 Å². The van der Waals surface area contributed by atoms with E-state index in [1.807, 2.05) is 0 Å². The maximum atomic E-state index is 11.5. The first-order valence-corrected chi connectivity index (χ1v) is 6.92. The first kappa shape index (κ1) is 15.8. The molecule has 0 saturated carbocycles. The summed E-state index contributed by atoms with van der Waals surface area (Å²) in [6, 6.07) is 1.65. The number of ether oxygens (including phenoxy) is 1. The third-order valence-corrected chi connectivity index (χ3v) is 2.67. The largest absolute Gasteiger partial charge is 0.444 e. The molecule has 0 fully saturated rings. The highest BCUT2D eigenvalue weighted by molar-refractivity contribution is 5.67. The molecule has 1 amide bonds. The summed E-state index contributed by atoms with van der Waals surface area (Å²) in [5.74, 6) is 1.11. The summed E-state index contributed by atoms with van der Waals surface area (Å²) >= 11 is 0. The number of carbonyl (C=O) groups is 1. The minimum Gasteiger partial charge on any atom is -0.444 e. The molecule has 120 valence electrons. The third-order valence-electron chi connectivity index (χ3n) is 2.67. The number of nitrogens with zero attached hydrogens (tertiary/aromatic N) is 3. The number of fused-ring (bicyclic) bond motifs is 1. The molecular formula is C13H20N6O3. The molecule has 0 aliphatic carbocycles. The molecule has 9 nitrogen and oxygen atoms in total. The molecule has 3 N–H and O–H groups in total. The number of aromatic nitrogens is 4. The SMILES string of the molecule is Cc1nc(NCCNC(=O)OC(C)(C)C)cc2n[nH]c(=O)n12. The van der Waals surface area contributed by atoms with Crippen molar-refractivity contribution >= 4 is 17.6 Å². The van der Waals surface area contributed by atoms with Gasteiger partial charge in [0.05, 0.1) is 0 Å². The summed E-state index contributed by atoms with van der Waals surface area (Å²) in [4.78, 5) is 27.2. The molecule has 0 radical (unpaired) electrons. The molecule has 2 rings (SSSR count). The molecule has 2 aromatic heterocycles. The molecule has 2 aromatic rings. The number of anilines is 1. The topological polar surface area (TPSA) is 113 Å². The molecule has 0 atom stereocenters. The van der Waals surface area contributed by atoms with Crippen molar-refractivity contribution in [2.75, 3.05) is 18.4 Å². The molecule has 22 heavy (non-hydrogen) atoms. The molecule has 0 spiro atoms. The van der Waals surface area contributed by atoms with E-state index in [2.05, 4.69) is 25.8 Å². The molecule has 9 heteroatoms. The number of nitrogens with one attached hydrogen (secondary N) is 3. The fourth-order valence-electron chi connectivity index (χ4n) is 1.86. The quantitative estimate of drug-likeness (QED) is 0.715. The van der Waals surface area contributed by atoms with Gasteiger partial charge in [0.1, 0.15) is 17.2 Å². The Morgan fingerprint density at radius 1 is 1.41 bits per heavy atom. The zero-order valence-corrected chi connectivity index (χ0v) is 13.1. The Labute approximate surface area is 127 Å². The van der Waals surface area contributed by atoms with Crippen LogP contribution in [-0.2, 0) is 4.74 Å². The molecule has 0 saturated heterocycles. The predicted octanol–water partition coefficient (Wildman–Crippen LogP) is 0.663. The number of carbonyl (C=O) groups excluding carboxylic acids is 1. The lowest BCUT2D eigenvalue weighted by atomic mass is 10.2. The van der Waals surface area contributed by atoms with Gasteiger partial charge in [-0.15, -0.1) is 0 Å². The zero-order valence-electron chi connectivity index (χ0n) is 13.1. The van der Waals surface area contributed by atoms with Crippen molar-refractivity contribution in [1.82, 2.24) is 24.9 Å². The summed E-state index contributed by atoms with van der Waals surface area (Å²) < 4.78 is 6.50. The summed E-state index contributed by atoms with van der Waals surface area (Å²) in [5.41, 5.74) is -0.354. The number of rotatable bonds is 4. The van der Waals surface area contributed by atoms with Gasteiger partial charge in [-0.05, 0) is 27.7 Å². The van der Waals surface area contributed by atoms with Gasteiger partial charge in [-0.3, -0.25) is 0 Å². The second-order valence-corrected chi connectivity index (χ2v) is 5.77. The highest BCUT2D eigenvalue weighted by Gasteiger charge is 2.15. The van der Waals surface area contributed by atoms with Crippen molar-refractivity contribution in [2.24, 2.45) is 0 Å². The van der Waals surface area contributed by atoms with Crippen LogP contribution in [0.5, 0.6) is 0 Å². The van der Waals surface area contributed by atoms with Crippen LogP contribution in [0.2, 0.25) is 0 Å². The third kappa shape index (κ3) is 3.96. The second kappa shape index (κ2) is 6.04. The van der Waals surface area contributed by atoms with Gasteiger partial charge in [0.15, 0.2) is 5.65 Å². The monoisotopic (exact) mass is 308 g/mol. The Bertz CT molecular complexity index is 727. The number of amides is 1. The lowest BCUT2D eigenvalue weighted by molar-refractivity contribution is 0.0530. The van der Waals surface area contributed by atoms with Crippen molar-refractivity contribution in [3.8, 4) is 0 Å². The standard InChI is InChI=1S/C13H20N6O3/c1-8-16-9(7-10-17-18-11(20)19(8)10)14-5-6-15-12(21)22-13(2,3)4/h7,14H,5-6H2,1-4H3,(H,15,21)(H,18,20). The van der Waals surface area contributed by atoms with Gasteiger partial charge in [0.2, 0.25) is 0 Å². The Kier molecular flexibility index (Phi) is 4.34. The molecule has 0 aliphatic heterocycles. The van der Waals surface area contributed by atoms with Crippen LogP contribution in [0.15, 0.2) is 10.9 Å². The predicted molar refractivity (Wildman–Crippen MR) is 81.1 cm³/mol. The van der Waals surface area contributed by atoms with Crippen molar-refractivity contribution in [1.29, 1.82) is 0 Å². The van der Waals surface area contributed by atoms with E-state index in [-0.39, 0.29) is 5.69 Å². The van der Waals surface area contributed by atoms with Gasteiger partial charge in [-0.25, -0.2) is 24.1 Å². The Morgan fingerprint density at radius 2 is 2.14 bits per heavy atom. The molecule has 0 unspecified atom stereocenters. The van der Waals surface area contributed by atoms with E-state index in [0.29, 0.717) is 30.4 Å². The van der Waals surface area contributed by atoms with Gasteiger partial charge in [0, 0.05) is 19.2 Å². The van der Waals surface area contributed by atoms with Crippen molar-refractivity contribution in [2.45, 2.75) is 33.3 Å². The van der Waals surface area contributed by atoms with Crippen LogP contribution in [-0.4, -0.2) is 44.4 Å². The molecule has 2 heterocycles. The van der Waals surface area contributed by atoms with E-state index >= 15 is 0 Å². The molecular weight excluding hydrogens is 288 g/mol. The summed E-state index contributed by atoms with van der Waals surface area (Å²) in [5, 5.41) is 11.9. The molecule has 0 aromatic carbocycles. The lowest BCUT2D eigenvalue weighted by Gasteiger charge is -2.19. The maximum Gasteiger partial charge on any atom is 0.407 e. The van der Waals surface area contributed by atoms with Gasteiger partial charge in [0.25, 0.3) is 0 Å². The number of H-pyrrole nitrogens is 1. The van der Waals surface area contributed by atoms with Crippen LogP contribution < -0.4 is 16.3 Å². The highest BCUT2D eigenvalue weighted by Crippen LogP contribution is 2.08. The fourth-order valence-corrected chi connectivity index (χ4v) is 1.86. The first-order chi connectivity index (χ1) is 10.3. The fraction of sp³-hybridized carbons (Fsp3) is 0.538. The van der Waals surface area contributed by atoms with Crippen molar-refractivity contribution in [3.05, 3.63) is 22.4 Å². The Morgan fingerprint density at radius 3 is 2.82 bits per heavy atom. The Balaban J connectivity index is 1.88. The number of aromatic amines is 1. The molecule has 0 bridgehead atoms. The Hall–Kier alpha value is -2.58. The highest BCUT2D eigenvalue weighted by atomic mass is 16.6. The van der Waals surface area contributed by atoms with Crippen LogP contribution in [0.25, 0.3) is 5.65 Å². The van der Waals surface area contributed by atoms with Gasteiger partial charge >= 0.3 is 11.8 Å². The summed E-state index contributed by atoms with van der Waals surface area (Å²) in [6.45, 7) is 7.98. The number of hydrogen-bond acceptors (Lipinski definition) is 6. The van der Waals surface area contributed by atoms with Crippen LogP contribution in [0.3, 0.4) is 0 Å². The first-order valence-electron chi connectivity index (χ1n) is 6.92. The number of alkyl carbamates (subject to hydrolysis) is 1. The van der Waals surface area contributed by atoms with Gasteiger partial charge in [-0.2, -0.15) is 5.10 Å². The minimum atomic E-state index is -0.519. The van der Waals surface area contributed by atoms with Crippen LogP contribution >= 0.6 is 0 Å². The van der Waals surface area contributed by atoms with E-state index in [0.717, 1.165) is 0 Å². The van der Waals surface area contributed by atoms with Crippen LogP contribution in [0, 0.1) is 6.92 Å². The minimum absolute atomic E-state index is 0.321. The normalized spacial score (nSPS) is 11.5. The molecule has 0 aliphatic rings. The van der Waals surface area contributed by atoms with Crippen LogP contribution in [0.1, 0.15) is 26.6 Å². The van der Waals surface area contributed by atoms with E-state index in [4.69, 9.17) is 4.74 Å². The van der Waals surface area contributed by atoms with Crippen molar-refractivity contribution < 1.29 is 9.53 Å². The van der Waals surface area contributed by atoms with Gasteiger partial charge in [-0.1, -0.05) is 0 Å². The van der Waals surface area contributed by atoms with E-state index in [1.165, 1.54) is 4.40 Å². The zero-order chi connectivity index (χ0) is 16.3. The lowest BCUT2D eigenvalue weighted by Crippen LogP contribution is -2.35. The summed E-state index contributed by atoms with van der Waals surface area (Å²) in [6.07, 6.45) is -0.465. The van der Waals surface area contributed by atoms with Crippen molar-refractivity contribution in [3.63, 3.8) is 0 Å². The van der Waals surface area contributed by atoms with E-state index < -0.39 is 11.7 Å². The van der Waals surface area contributed by atoms with E-state index in [9.17, 15) is 9.59 Å². The number of hydrogen-bond donors (Lipinski definition) is 3. The average molecular weight is 308 g/mol. The van der Waals surface area contributed by atoms with Crippen LogP contribution in [0.4, 0.5) is 10.6 Å². The number of aryl methyl sites for hydroxylation is 1. The maximum absolute atomic E-state index is 11.5. The summed E-state index contributed by atoms with van der Waals surface area (Å²) in [7, 11) is 0. The van der Waals surface area contributed by atoms with Gasteiger partial charge < -0.3 is 15.4 Å². The average Bonchev–Trinajstić information content (AvgIpc) is 2.75. The smallest absolute Gasteiger partial charge is 0.407 e.